The van der Waals surface area contributed by atoms with E-state index in [9.17, 15) is 4.79 Å². The van der Waals surface area contributed by atoms with Crippen LogP contribution in [0.15, 0.2) is 67.0 Å². The van der Waals surface area contributed by atoms with Crippen LogP contribution >= 0.6 is 23.2 Å². The quantitative estimate of drug-likeness (QED) is 0.589. The van der Waals surface area contributed by atoms with Crippen LogP contribution in [0, 0.1) is 0 Å². The highest BCUT2D eigenvalue weighted by molar-refractivity contribution is 6.37. The number of pyridine rings is 1. The number of hydrogen-bond donors (Lipinski definition) is 2. The average molecular weight is 402 g/mol. The first-order chi connectivity index (χ1) is 13.1. The minimum atomic E-state index is -0.286. The maximum atomic E-state index is 12.0. The molecule has 138 valence electrons. The third-order valence-corrected chi connectivity index (χ3v) is 4.29. The highest BCUT2D eigenvalue weighted by Crippen LogP contribution is 2.32. The first-order valence-corrected chi connectivity index (χ1v) is 8.97. The number of carbonyl (C=O) groups is 1. The minimum Gasteiger partial charge on any atom is -0.486 e. The van der Waals surface area contributed by atoms with Crippen LogP contribution in [0.2, 0.25) is 10.0 Å². The molecule has 1 aromatic heterocycles. The molecule has 0 atom stereocenters. The number of ether oxygens (including phenoxy) is 1. The SMILES string of the molecule is O=C(NCc1cccnc1)Nc1ccc(COc2c(Cl)cccc2Cl)cc1. The summed E-state index contributed by atoms with van der Waals surface area (Å²) < 4.78 is 5.69. The summed E-state index contributed by atoms with van der Waals surface area (Å²) in [6.07, 6.45) is 3.40. The molecule has 27 heavy (non-hydrogen) atoms. The van der Waals surface area contributed by atoms with E-state index in [1.54, 1.807) is 42.7 Å². The maximum Gasteiger partial charge on any atom is 0.319 e. The predicted octanol–water partition coefficient (Wildman–Crippen LogP) is 5.29. The van der Waals surface area contributed by atoms with Crippen molar-refractivity contribution in [1.82, 2.24) is 10.3 Å². The summed E-state index contributed by atoms with van der Waals surface area (Å²) in [5.41, 5.74) is 2.53. The molecule has 0 aliphatic heterocycles. The second-order valence-corrected chi connectivity index (χ2v) is 6.52. The molecule has 1 heterocycles. The molecular formula is C20H17Cl2N3O2. The van der Waals surface area contributed by atoms with Crippen LogP contribution in [-0.2, 0) is 13.2 Å². The summed E-state index contributed by atoms with van der Waals surface area (Å²) in [6, 6.07) is 16.0. The van der Waals surface area contributed by atoms with Gasteiger partial charge in [-0.2, -0.15) is 0 Å². The molecule has 0 fully saturated rings. The third kappa shape index (κ3) is 5.61. The van der Waals surface area contributed by atoms with Crippen molar-refractivity contribution >= 4 is 34.9 Å². The van der Waals surface area contributed by atoms with E-state index in [-0.39, 0.29) is 6.03 Å². The van der Waals surface area contributed by atoms with Gasteiger partial charge in [-0.1, -0.05) is 47.5 Å². The molecular weight excluding hydrogens is 385 g/mol. The summed E-state index contributed by atoms with van der Waals surface area (Å²) in [6.45, 7) is 0.723. The van der Waals surface area contributed by atoms with Gasteiger partial charge in [0.15, 0.2) is 5.75 Å². The fraction of sp³-hybridized carbons (Fsp3) is 0.100. The Bertz CT molecular complexity index is 883. The van der Waals surface area contributed by atoms with Crippen LogP contribution < -0.4 is 15.4 Å². The van der Waals surface area contributed by atoms with Gasteiger partial charge in [0, 0.05) is 24.6 Å². The lowest BCUT2D eigenvalue weighted by atomic mass is 10.2. The Morgan fingerprint density at radius 2 is 1.70 bits per heavy atom. The number of nitrogens with one attached hydrogen (secondary N) is 2. The molecule has 0 aliphatic carbocycles. The van der Waals surface area contributed by atoms with Crippen LogP contribution in [0.25, 0.3) is 0 Å². The predicted molar refractivity (Wildman–Crippen MR) is 107 cm³/mol. The molecule has 2 N–H and O–H groups in total. The molecule has 0 spiro atoms. The highest BCUT2D eigenvalue weighted by atomic mass is 35.5. The Hall–Kier alpha value is -2.76. The molecule has 7 heteroatoms. The summed E-state index contributed by atoms with van der Waals surface area (Å²) >= 11 is 12.2. The van der Waals surface area contributed by atoms with Gasteiger partial charge in [-0.25, -0.2) is 4.79 Å². The number of anilines is 1. The largest absolute Gasteiger partial charge is 0.486 e. The smallest absolute Gasteiger partial charge is 0.319 e. The van der Waals surface area contributed by atoms with Crippen LogP contribution in [-0.4, -0.2) is 11.0 Å². The number of urea groups is 1. The normalized spacial score (nSPS) is 10.3. The van der Waals surface area contributed by atoms with Crippen molar-refractivity contribution in [2.75, 3.05) is 5.32 Å². The minimum absolute atomic E-state index is 0.286. The topological polar surface area (TPSA) is 63.2 Å². The van der Waals surface area contributed by atoms with Crippen molar-refractivity contribution in [2.45, 2.75) is 13.2 Å². The van der Waals surface area contributed by atoms with Gasteiger partial charge in [0.05, 0.1) is 10.0 Å². The lowest BCUT2D eigenvalue weighted by Crippen LogP contribution is -2.28. The average Bonchev–Trinajstić information content (AvgIpc) is 2.68. The van der Waals surface area contributed by atoms with Gasteiger partial charge in [0.2, 0.25) is 0 Å². The summed E-state index contributed by atoms with van der Waals surface area (Å²) in [5, 5.41) is 6.48. The zero-order valence-electron chi connectivity index (χ0n) is 14.3. The lowest BCUT2D eigenvalue weighted by molar-refractivity contribution is 0.251. The van der Waals surface area contributed by atoms with Crippen molar-refractivity contribution in [2.24, 2.45) is 0 Å². The van der Waals surface area contributed by atoms with Crippen LogP contribution in [0.4, 0.5) is 10.5 Å². The summed E-state index contributed by atoms with van der Waals surface area (Å²) in [4.78, 5) is 16.0. The molecule has 2 aromatic carbocycles. The Kier molecular flexibility index (Phi) is 6.52. The molecule has 3 rings (SSSR count). The number of hydrogen-bond acceptors (Lipinski definition) is 3. The van der Waals surface area contributed by atoms with E-state index >= 15 is 0 Å². The number of para-hydroxylation sites is 1. The molecule has 0 saturated heterocycles. The molecule has 2 amide bonds. The van der Waals surface area contributed by atoms with Gasteiger partial charge in [-0.05, 0) is 41.5 Å². The number of aromatic nitrogens is 1. The molecule has 5 nitrogen and oxygen atoms in total. The van der Waals surface area contributed by atoms with Crippen molar-refractivity contribution < 1.29 is 9.53 Å². The van der Waals surface area contributed by atoms with E-state index in [0.717, 1.165) is 11.1 Å². The van der Waals surface area contributed by atoms with E-state index in [1.165, 1.54) is 0 Å². The zero-order valence-corrected chi connectivity index (χ0v) is 15.8. The highest BCUT2D eigenvalue weighted by Gasteiger charge is 2.07. The molecule has 0 radical (unpaired) electrons. The van der Waals surface area contributed by atoms with Crippen molar-refractivity contribution in [3.8, 4) is 5.75 Å². The van der Waals surface area contributed by atoms with E-state index in [0.29, 0.717) is 34.6 Å². The first kappa shape index (κ1) is 19.0. The van der Waals surface area contributed by atoms with Crippen molar-refractivity contribution in [1.29, 1.82) is 0 Å². The van der Waals surface area contributed by atoms with Gasteiger partial charge in [0.25, 0.3) is 0 Å². The number of halogens is 2. The van der Waals surface area contributed by atoms with Gasteiger partial charge in [-0.3, -0.25) is 4.98 Å². The zero-order chi connectivity index (χ0) is 19.1. The fourth-order valence-corrected chi connectivity index (χ4v) is 2.83. The Morgan fingerprint density at radius 3 is 2.37 bits per heavy atom. The van der Waals surface area contributed by atoms with Crippen LogP contribution in [0.5, 0.6) is 5.75 Å². The van der Waals surface area contributed by atoms with E-state index in [1.807, 2.05) is 24.3 Å². The van der Waals surface area contributed by atoms with Crippen molar-refractivity contribution in [3.63, 3.8) is 0 Å². The summed E-state index contributed by atoms with van der Waals surface area (Å²) in [5.74, 6) is 0.456. The molecule has 0 bridgehead atoms. The number of benzene rings is 2. The lowest BCUT2D eigenvalue weighted by Gasteiger charge is -2.11. The van der Waals surface area contributed by atoms with Crippen molar-refractivity contribution in [3.05, 3.63) is 88.2 Å². The van der Waals surface area contributed by atoms with Gasteiger partial charge >= 0.3 is 6.03 Å². The van der Waals surface area contributed by atoms with Crippen LogP contribution in [0.1, 0.15) is 11.1 Å². The fourth-order valence-electron chi connectivity index (χ4n) is 2.32. The first-order valence-electron chi connectivity index (χ1n) is 8.21. The molecule has 0 unspecified atom stereocenters. The standard InChI is InChI=1S/C20H17Cl2N3O2/c21-17-4-1-5-18(22)19(17)27-13-14-6-8-16(9-7-14)25-20(26)24-12-15-3-2-10-23-11-15/h1-11H,12-13H2,(H2,24,25,26). The number of nitrogens with zero attached hydrogens (tertiary/aromatic N) is 1. The molecule has 0 aliphatic rings. The second-order valence-electron chi connectivity index (χ2n) is 5.71. The van der Waals surface area contributed by atoms with Gasteiger partial charge in [0.1, 0.15) is 6.61 Å². The van der Waals surface area contributed by atoms with E-state index < -0.39 is 0 Å². The second kappa shape index (κ2) is 9.26. The molecule has 3 aromatic rings. The van der Waals surface area contributed by atoms with Gasteiger partial charge < -0.3 is 15.4 Å². The van der Waals surface area contributed by atoms with E-state index in [2.05, 4.69) is 15.6 Å². The summed E-state index contributed by atoms with van der Waals surface area (Å²) in [7, 11) is 0. The Labute approximate surface area is 167 Å². The molecule has 0 saturated carbocycles. The Morgan fingerprint density at radius 1 is 0.963 bits per heavy atom. The number of carbonyl (C=O) groups excluding carboxylic acids is 1. The Balaban J connectivity index is 1.50. The van der Waals surface area contributed by atoms with Crippen LogP contribution in [0.3, 0.4) is 0 Å². The third-order valence-electron chi connectivity index (χ3n) is 3.69. The maximum absolute atomic E-state index is 12.0. The van der Waals surface area contributed by atoms with E-state index in [4.69, 9.17) is 27.9 Å². The number of amides is 2. The van der Waals surface area contributed by atoms with Gasteiger partial charge in [-0.15, -0.1) is 0 Å². The number of rotatable bonds is 6. The monoisotopic (exact) mass is 401 g/mol.